The first kappa shape index (κ1) is 22.1. The van der Waals surface area contributed by atoms with Crippen LogP contribution in [0.3, 0.4) is 0 Å². The third-order valence-corrected chi connectivity index (χ3v) is 5.20. The monoisotopic (exact) mass is 427 g/mol. The Balaban J connectivity index is 1.74. The summed E-state index contributed by atoms with van der Waals surface area (Å²) in [5.41, 5.74) is 6.88. The van der Waals surface area contributed by atoms with E-state index >= 15 is 0 Å². The molecule has 1 aromatic rings. The zero-order valence-corrected chi connectivity index (χ0v) is 16.2. The van der Waals surface area contributed by atoms with Gasteiger partial charge in [-0.25, -0.2) is 4.79 Å². The van der Waals surface area contributed by atoms with Crippen molar-refractivity contribution >= 4 is 17.8 Å². The van der Waals surface area contributed by atoms with Crippen molar-refractivity contribution in [3.63, 3.8) is 0 Å². The molecule has 164 valence electrons. The van der Waals surface area contributed by atoms with Crippen LogP contribution in [0.1, 0.15) is 31.2 Å². The number of amides is 2. The first-order chi connectivity index (χ1) is 14.2. The average molecular weight is 427 g/mol. The molecular weight excluding hydrogens is 403 g/mol. The fourth-order valence-corrected chi connectivity index (χ4v) is 3.55. The Kier molecular flexibility index (Phi) is 6.64. The van der Waals surface area contributed by atoms with Crippen molar-refractivity contribution in [1.29, 1.82) is 0 Å². The van der Waals surface area contributed by atoms with E-state index in [4.69, 9.17) is 5.73 Å². The molecule has 2 unspecified atom stereocenters. The first-order valence-electron chi connectivity index (χ1n) is 9.85. The molecule has 1 aliphatic heterocycles. The number of likely N-dealkylation sites (tertiary alicyclic amines) is 1. The summed E-state index contributed by atoms with van der Waals surface area (Å²) in [5.74, 6) is -3.77. The zero-order chi connectivity index (χ0) is 21.9. The van der Waals surface area contributed by atoms with Gasteiger partial charge < -0.3 is 20.7 Å². The van der Waals surface area contributed by atoms with Gasteiger partial charge in [-0.05, 0) is 37.7 Å². The number of hydrogen-bond acceptors (Lipinski definition) is 5. The normalized spacial score (nSPS) is 21.1. The summed E-state index contributed by atoms with van der Waals surface area (Å²) in [5, 5.41) is 2.56. The molecule has 2 fully saturated rings. The topological polar surface area (TPSA) is 102 Å². The highest BCUT2D eigenvalue weighted by atomic mass is 19.4. The lowest BCUT2D eigenvalue weighted by molar-refractivity contribution is -0.207. The Labute approximate surface area is 171 Å². The first-order valence-corrected chi connectivity index (χ1v) is 9.85. The number of carbonyl (C=O) groups is 3. The minimum atomic E-state index is -5.24. The van der Waals surface area contributed by atoms with Crippen molar-refractivity contribution in [2.24, 2.45) is 5.73 Å². The van der Waals surface area contributed by atoms with Gasteiger partial charge in [0.15, 0.2) is 0 Å². The molecule has 0 bridgehead atoms. The second kappa shape index (κ2) is 9.03. The number of esters is 1. The summed E-state index contributed by atoms with van der Waals surface area (Å²) in [6.07, 6.45) is -4.63. The van der Waals surface area contributed by atoms with Crippen molar-refractivity contribution < 1.29 is 32.3 Å². The second-order valence-corrected chi connectivity index (χ2v) is 7.64. The molecule has 30 heavy (non-hydrogen) atoms. The van der Waals surface area contributed by atoms with Crippen LogP contribution in [0, 0.1) is 0 Å². The zero-order valence-electron chi connectivity index (χ0n) is 16.2. The third-order valence-electron chi connectivity index (χ3n) is 5.20. The van der Waals surface area contributed by atoms with Gasteiger partial charge in [0.25, 0.3) is 5.91 Å². The van der Waals surface area contributed by atoms with E-state index in [0.717, 1.165) is 5.56 Å². The predicted octanol–water partition coefficient (Wildman–Crippen LogP) is 1.30. The number of halogens is 3. The fourth-order valence-electron chi connectivity index (χ4n) is 3.55. The standard InChI is InChI=1S/C20H24F3N3O4/c21-20(22,23)19(29)30-16(17(27)25-13-8-9-13)15-7-4-10-26(15)18(28)14(24)11-12-5-2-1-3-6-12/h1-3,5-6,13-16H,4,7-11,24H2,(H,25,27)/t14-,15?,16?/m0/s1. The molecule has 1 saturated carbocycles. The van der Waals surface area contributed by atoms with E-state index in [9.17, 15) is 27.6 Å². The smallest absolute Gasteiger partial charge is 0.443 e. The lowest BCUT2D eigenvalue weighted by atomic mass is 10.0. The number of hydrogen-bond donors (Lipinski definition) is 2. The van der Waals surface area contributed by atoms with Gasteiger partial charge in [-0.2, -0.15) is 13.2 Å². The Morgan fingerprint density at radius 2 is 1.83 bits per heavy atom. The van der Waals surface area contributed by atoms with Crippen LogP contribution in [0.2, 0.25) is 0 Å². The molecule has 0 radical (unpaired) electrons. The van der Waals surface area contributed by atoms with Gasteiger partial charge in [-0.3, -0.25) is 9.59 Å². The summed E-state index contributed by atoms with van der Waals surface area (Å²) in [6.45, 7) is 0.225. The molecule has 3 N–H and O–H groups in total. The molecule has 2 amide bonds. The van der Waals surface area contributed by atoms with Crippen LogP contribution < -0.4 is 11.1 Å². The quantitative estimate of drug-likeness (QED) is 0.639. The average Bonchev–Trinajstić information content (AvgIpc) is 3.37. The van der Waals surface area contributed by atoms with Crippen molar-refractivity contribution in [3.05, 3.63) is 35.9 Å². The van der Waals surface area contributed by atoms with Crippen molar-refractivity contribution in [2.45, 2.75) is 62.5 Å². The van der Waals surface area contributed by atoms with Gasteiger partial charge in [-0.1, -0.05) is 30.3 Å². The summed E-state index contributed by atoms with van der Waals surface area (Å²) < 4.78 is 42.8. The van der Waals surface area contributed by atoms with Gasteiger partial charge in [0, 0.05) is 12.6 Å². The van der Waals surface area contributed by atoms with Crippen molar-refractivity contribution in [3.8, 4) is 0 Å². The number of carbonyl (C=O) groups excluding carboxylic acids is 3. The van der Waals surface area contributed by atoms with Crippen molar-refractivity contribution in [2.75, 3.05) is 6.54 Å². The minimum absolute atomic E-state index is 0.143. The molecule has 1 saturated heterocycles. The SMILES string of the molecule is N[C@@H](Cc1ccccc1)C(=O)N1CCCC1C(OC(=O)C(F)(F)F)C(=O)NC1CC1. The molecule has 2 aliphatic rings. The van der Waals surface area contributed by atoms with E-state index in [1.807, 2.05) is 18.2 Å². The number of ether oxygens (including phenoxy) is 1. The summed E-state index contributed by atoms with van der Waals surface area (Å²) in [6, 6.07) is 6.99. The molecule has 3 atom stereocenters. The largest absolute Gasteiger partial charge is 0.490 e. The van der Waals surface area contributed by atoms with Gasteiger partial charge >= 0.3 is 12.1 Å². The third kappa shape index (κ3) is 5.50. The van der Waals surface area contributed by atoms with Crippen LogP contribution in [0.15, 0.2) is 30.3 Å². The van der Waals surface area contributed by atoms with E-state index in [1.165, 1.54) is 4.90 Å². The molecular formula is C20H24F3N3O4. The maximum absolute atomic E-state index is 12.9. The summed E-state index contributed by atoms with van der Waals surface area (Å²) >= 11 is 0. The highest BCUT2D eigenvalue weighted by Gasteiger charge is 2.48. The molecule has 10 heteroatoms. The van der Waals surface area contributed by atoms with E-state index in [0.29, 0.717) is 19.3 Å². The lowest BCUT2D eigenvalue weighted by Gasteiger charge is -2.32. The van der Waals surface area contributed by atoms with Crippen molar-refractivity contribution in [1.82, 2.24) is 10.2 Å². The van der Waals surface area contributed by atoms with Crippen LogP contribution in [0.5, 0.6) is 0 Å². The van der Waals surface area contributed by atoms with Crippen LogP contribution in [0.4, 0.5) is 13.2 Å². The molecule has 1 heterocycles. The Morgan fingerprint density at radius 1 is 1.17 bits per heavy atom. The summed E-state index contributed by atoms with van der Waals surface area (Å²) in [7, 11) is 0. The molecule has 1 aliphatic carbocycles. The molecule has 0 spiro atoms. The number of nitrogens with two attached hydrogens (primary N) is 1. The van der Waals surface area contributed by atoms with E-state index in [2.05, 4.69) is 10.1 Å². The van der Waals surface area contributed by atoms with Crippen LogP contribution in [0.25, 0.3) is 0 Å². The maximum atomic E-state index is 12.9. The minimum Gasteiger partial charge on any atom is -0.443 e. The van der Waals surface area contributed by atoms with Gasteiger partial charge in [0.2, 0.25) is 12.0 Å². The molecule has 3 rings (SSSR count). The molecule has 1 aromatic carbocycles. The maximum Gasteiger partial charge on any atom is 0.490 e. The number of rotatable bonds is 7. The van der Waals surface area contributed by atoms with Crippen LogP contribution >= 0.6 is 0 Å². The van der Waals surface area contributed by atoms with Gasteiger partial charge in [0.1, 0.15) is 0 Å². The predicted molar refractivity (Wildman–Crippen MR) is 100.0 cm³/mol. The van der Waals surface area contributed by atoms with E-state index in [1.54, 1.807) is 12.1 Å². The Hall–Kier alpha value is -2.62. The Bertz CT molecular complexity index is 783. The second-order valence-electron chi connectivity index (χ2n) is 7.64. The van der Waals surface area contributed by atoms with E-state index < -0.39 is 42.1 Å². The number of alkyl halides is 3. The molecule has 7 nitrogen and oxygen atoms in total. The fraction of sp³-hybridized carbons (Fsp3) is 0.550. The molecule has 0 aromatic heterocycles. The number of nitrogens with one attached hydrogen (secondary N) is 1. The Morgan fingerprint density at radius 3 is 2.43 bits per heavy atom. The number of nitrogens with zero attached hydrogens (tertiary/aromatic N) is 1. The van der Waals surface area contributed by atoms with Crippen LogP contribution in [-0.2, 0) is 25.5 Å². The summed E-state index contributed by atoms with van der Waals surface area (Å²) in [4.78, 5) is 38.2. The van der Waals surface area contributed by atoms with Gasteiger partial charge in [-0.15, -0.1) is 0 Å². The van der Waals surface area contributed by atoms with E-state index in [-0.39, 0.29) is 25.4 Å². The van der Waals surface area contributed by atoms with Crippen LogP contribution in [-0.4, -0.2) is 59.6 Å². The lowest BCUT2D eigenvalue weighted by Crippen LogP contribution is -2.56. The highest BCUT2D eigenvalue weighted by Crippen LogP contribution is 2.27. The van der Waals surface area contributed by atoms with Gasteiger partial charge in [0.05, 0.1) is 12.1 Å². The highest BCUT2D eigenvalue weighted by molar-refractivity contribution is 5.88. The number of benzene rings is 1.